The summed E-state index contributed by atoms with van der Waals surface area (Å²) in [5, 5.41) is 8.38. The zero-order valence-electron chi connectivity index (χ0n) is 9.13. The standard InChI is InChI=1S/C7H6O2.C6H5.Na/c8-7(9)6-4-2-1-3-5-6;1-2-4-6-5-3-1;/h1-5H,(H,8,9);1-5H;/q;-1;+1. The second-order valence-electron chi connectivity index (χ2n) is 2.75. The number of hydrogen-bond acceptors (Lipinski definition) is 1. The van der Waals surface area contributed by atoms with E-state index in [4.69, 9.17) is 5.11 Å². The summed E-state index contributed by atoms with van der Waals surface area (Å²) in [6.07, 6.45) is 0. The fourth-order valence-electron chi connectivity index (χ4n) is 0.923. The second-order valence-corrected chi connectivity index (χ2v) is 2.75. The summed E-state index contributed by atoms with van der Waals surface area (Å²) in [5.41, 5.74) is 0.331. The van der Waals surface area contributed by atoms with E-state index in [2.05, 4.69) is 6.07 Å². The molecule has 0 aliphatic heterocycles. The fourth-order valence-corrected chi connectivity index (χ4v) is 0.923. The third kappa shape index (κ3) is 6.40. The van der Waals surface area contributed by atoms with Crippen molar-refractivity contribution in [2.75, 3.05) is 0 Å². The minimum absolute atomic E-state index is 0. The van der Waals surface area contributed by atoms with Crippen molar-refractivity contribution in [3.8, 4) is 0 Å². The molecule has 0 saturated carbocycles. The number of carbonyl (C=O) groups is 1. The van der Waals surface area contributed by atoms with Gasteiger partial charge in [-0.25, -0.2) is 4.79 Å². The molecule has 0 aromatic heterocycles. The van der Waals surface area contributed by atoms with Gasteiger partial charge in [0.15, 0.2) is 0 Å². The van der Waals surface area contributed by atoms with Gasteiger partial charge in [-0.05, 0) is 12.1 Å². The summed E-state index contributed by atoms with van der Waals surface area (Å²) in [6, 6.07) is 20.8. The number of carboxylic acid groups (broad SMARTS) is 1. The van der Waals surface area contributed by atoms with Crippen LogP contribution in [0.5, 0.6) is 0 Å². The zero-order chi connectivity index (χ0) is 10.9. The number of benzene rings is 2. The second kappa shape index (κ2) is 9.16. The summed E-state index contributed by atoms with van der Waals surface area (Å²) in [6.45, 7) is 0. The quantitative estimate of drug-likeness (QED) is 0.539. The monoisotopic (exact) mass is 222 g/mol. The summed E-state index contributed by atoms with van der Waals surface area (Å²) in [5.74, 6) is -0.879. The van der Waals surface area contributed by atoms with Gasteiger partial charge < -0.3 is 5.11 Å². The van der Waals surface area contributed by atoms with E-state index in [0.29, 0.717) is 5.56 Å². The summed E-state index contributed by atoms with van der Waals surface area (Å²) < 4.78 is 0. The molecular formula is C13H11NaO2. The maximum Gasteiger partial charge on any atom is 1.00 e. The van der Waals surface area contributed by atoms with E-state index in [1.807, 2.05) is 30.3 Å². The SMILES string of the molecule is O=C(O)c1ccccc1.[Na+].[c-]1ccccc1. The van der Waals surface area contributed by atoms with Gasteiger partial charge in [-0.3, -0.25) is 0 Å². The fraction of sp³-hybridized carbons (Fsp3) is 0. The molecule has 0 heterocycles. The maximum absolute atomic E-state index is 10.2. The van der Waals surface area contributed by atoms with Gasteiger partial charge in [-0.15, -0.1) is 0 Å². The largest absolute Gasteiger partial charge is 1.00 e. The third-order valence-electron chi connectivity index (χ3n) is 1.63. The van der Waals surface area contributed by atoms with E-state index in [0.717, 1.165) is 0 Å². The van der Waals surface area contributed by atoms with Crippen molar-refractivity contribution in [1.82, 2.24) is 0 Å². The molecule has 0 bridgehead atoms. The van der Waals surface area contributed by atoms with Gasteiger partial charge >= 0.3 is 35.5 Å². The Morgan fingerprint density at radius 2 is 1.44 bits per heavy atom. The molecule has 0 radical (unpaired) electrons. The van der Waals surface area contributed by atoms with Gasteiger partial charge in [-0.1, -0.05) is 18.2 Å². The molecule has 3 heteroatoms. The molecule has 2 aromatic carbocycles. The number of aromatic carboxylic acids is 1. The van der Waals surface area contributed by atoms with Crippen molar-refractivity contribution >= 4 is 5.97 Å². The van der Waals surface area contributed by atoms with Gasteiger partial charge in [0.25, 0.3) is 0 Å². The number of rotatable bonds is 1. The molecular weight excluding hydrogens is 211 g/mol. The molecule has 2 rings (SSSR count). The van der Waals surface area contributed by atoms with Crippen LogP contribution < -0.4 is 29.6 Å². The Bertz CT molecular complexity index is 360. The smallest absolute Gasteiger partial charge is 0.478 e. The molecule has 16 heavy (non-hydrogen) atoms. The van der Waals surface area contributed by atoms with Crippen LogP contribution in [0.2, 0.25) is 0 Å². The van der Waals surface area contributed by atoms with Gasteiger partial charge in [0, 0.05) is 0 Å². The van der Waals surface area contributed by atoms with E-state index in [1.165, 1.54) is 0 Å². The Hall–Kier alpha value is -1.09. The van der Waals surface area contributed by atoms with Crippen LogP contribution in [0.15, 0.2) is 60.7 Å². The van der Waals surface area contributed by atoms with Crippen molar-refractivity contribution in [3.63, 3.8) is 0 Å². The number of carboxylic acids is 1. The Morgan fingerprint density at radius 1 is 0.938 bits per heavy atom. The van der Waals surface area contributed by atoms with Gasteiger partial charge in [0.05, 0.1) is 5.56 Å². The van der Waals surface area contributed by atoms with E-state index in [-0.39, 0.29) is 29.6 Å². The molecule has 1 N–H and O–H groups in total. The van der Waals surface area contributed by atoms with Gasteiger partial charge in [-0.2, -0.15) is 36.4 Å². The van der Waals surface area contributed by atoms with Crippen LogP contribution in [0.1, 0.15) is 10.4 Å². The Morgan fingerprint density at radius 3 is 1.69 bits per heavy atom. The predicted molar refractivity (Wildman–Crippen MR) is 58.7 cm³/mol. The van der Waals surface area contributed by atoms with Gasteiger partial charge in [0.2, 0.25) is 0 Å². The average Bonchev–Trinajstić information content (AvgIpc) is 2.33. The molecule has 0 spiro atoms. The van der Waals surface area contributed by atoms with E-state index < -0.39 is 5.97 Å². The molecule has 76 valence electrons. The first-order chi connectivity index (χ1) is 7.30. The van der Waals surface area contributed by atoms with Crippen LogP contribution in [0.25, 0.3) is 0 Å². The first-order valence-corrected chi connectivity index (χ1v) is 4.50. The molecule has 0 fully saturated rings. The van der Waals surface area contributed by atoms with E-state index >= 15 is 0 Å². The maximum atomic E-state index is 10.2. The summed E-state index contributed by atoms with van der Waals surface area (Å²) in [4.78, 5) is 10.2. The van der Waals surface area contributed by atoms with Crippen molar-refractivity contribution in [3.05, 3.63) is 72.3 Å². The minimum Gasteiger partial charge on any atom is -0.478 e. The molecule has 2 aromatic rings. The first kappa shape index (κ1) is 14.9. The Labute approximate surface area is 117 Å². The Kier molecular flexibility index (Phi) is 8.53. The minimum atomic E-state index is -0.879. The van der Waals surface area contributed by atoms with Gasteiger partial charge in [0.1, 0.15) is 0 Å². The average molecular weight is 222 g/mol. The number of hydrogen-bond donors (Lipinski definition) is 1. The molecule has 2 nitrogen and oxygen atoms in total. The molecule has 0 saturated heterocycles. The van der Waals surface area contributed by atoms with Crippen LogP contribution >= 0.6 is 0 Å². The Balaban J connectivity index is 0.000000283. The topological polar surface area (TPSA) is 37.3 Å². The van der Waals surface area contributed by atoms with Crippen molar-refractivity contribution in [2.45, 2.75) is 0 Å². The first-order valence-electron chi connectivity index (χ1n) is 4.50. The molecule has 0 amide bonds. The van der Waals surface area contributed by atoms with E-state index in [9.17, 15) is 4.79 Å². The predicted octanol–water partition coefficient (Wildman–Crippen LogP) is -0.124. The van der Waals surface area contributed by atoms with Crippen LogP contribution in [0.4, 0.5) is 0 Å². The van der Waals surface area contributed by atoms with Crippen LogP contribution in [0, 0.1) is 6.07 Å². The molecule has 0 aliphatic rings. The van der Waals surface area contributed by atoms with Crippen LogP contribution in [-0.2, 0) is 0 Å². The summed E-state index contributed by atoms with van der Waals surface area (Å²) >= 11 is 0. The normalized spacial score (nSPS) is 8.00. The summed E-state index contributed by atoms with van der Waals surface area (Å²) in [7, 11) is 0. The van der Waals surface area contributed by atoms with Crippen molar-refractivity contribution < 1.29 is 39.5 Å². The van der Waals surface area contributed by atoms with E-state index in [1.54, 1.807) is 30.3 Å². The van der Waals surface area contributed by atoms with Crippen molar-refractivity contribution in [1.29, 1.82) is 0 Å². The van der Waals surface area contributed by atoms with Crippen molar-refractivity contribution in [2.24, 2.45) is 0 Å². The zero-order valence-corrected chi connectivity index (χ0v) is 11.1. The molecule has 0 atom stereocenters. The third-order valence-corrected chi connectivity index (χ3v) is 1.63. The molecule has 0 aliphatic carbocycles. The van der Waals surface area contributed by atoms with Crippen LogP contribution in [-0.4, -0.2) is 11.1 Å². The van der Waals surface area contributed by atoms with Crippen LogP contribution in [0.3, 0.4) is 0 Å². The molecule has 0 unspecified atom stereocenters.